The first-order valence-corrected chi connectivity index (χ1v) is 8.74. The molecule has 4 rings (SSSR count). The molecule has 0 aliphatic rings. The van der Waals surface area contributed by atoms with Crippen LogP contribution in [-0.2, 0) is 6.54 Å². The lowest BCUT2D eigenvalue weighted by Crippen LogP contribution is -2.04. The third kappa shape index (κ3) is 3.11. The van der Waals surface area contributed by atoms with Crippen molar-refractivity contribution in [1.82, 2.24) is 4.98 Å². The van der Waals surface area contributed by atoms with Gasteiger partial charge in [0.1, 0.15) is 4.70 Å². The molecule has 0 atom stereocenters. The highest BCUT2D eigenvalue weighted by atomic mass is 35.5. The van der Waals surface area contributed by atoms with Gasteiger partial charge in [0.15, 0.2) is 0 Å². The highest BCUT2D eigenvalue weighted by Crippen LogP contribution is 2.22. The molecular formula is C19H13ClN2OS. The number of nitrogens with zero attached hydrogens (tertiary/aromatic N) is 2. The third-order valence-electron chi connectivity index (χ3n) is 3.59. The van der Waals surface area contributed by atoms with Crippen molar-refractivity contribution in [2.75, 3.05) is 0 Å². The summed E-state index contributed by atoms with van der Waals surface area (Å²) in [6, 6.07) is 19.5. The highest BCUT2D eigenvalue weighted by Gasteiger charge is 2.08. The Morgan fingerprint density at radius 3 is 2.58 bits per heavy atom. The van der Waals surface area contributed by atoms with Crippen LogP contribution in [0.15, 0.2) is 75.5 Å². The molecule has 0 saturated carbocycles. The van der Waals surface area contributed by atoms with Gasteiger partial charge in [-0.15, -0.1) is 11.3 Å². The van der Waals surface area contributed by atoms with Crippen LogP contribution in [0.25, 0.3) is 21.7 Å². The average Bonchev–Trinajstić information content (AvgIpc) is 3.10. The summed E-state index contributed by atoms with van der Waals surface area (Å²) in [5.74, 6) is 0.546. The van der Waals surface area contributed by atoms with Gasteiger partial charge in [-0.2, -0.15) is 0 Å². The van der Waals surface area contributed by atoms with Gasteiger partial charge in [-0.3, -0.25) is 0 Å². The zero-order chi connectivity index (χ0) is 16.4. The van der Waals surface area contributed by atoms with Gasteiger partial charge >= 0.3 is 0 Å². The van der Waals surface area contributed by atoms with Crippen molar-refractivity contribution in [1.29, 1.82) is 0 Å². The molecular weight excluding hydrogens is 340 g/mol. The molecule has 5 heteroatoms. The Morgan fingerprint density at radius 2 is 1.79 bits per heavy atom. The number of aromatic nitrogens is 1. The minimum absolute atomic E-state index is 0.546. The second-order valence-electron chi connectivity index (χ2n) is 5.27. The van der Waals surface area contributed by atoms with Gasteiger partial charge in [-0.1, -0.05) is 41.9 Å². The van der Waals surface area contributed by atoms with Crippen LogP contribution in [0.1, 0.15) is 5.56 Å². The lowest BCUT2D eigenvalue weighted by Gasteiger charge is -2.02. The third-order valence-corrected chi connectivity index (χ3v) is 4.74. The van der Waals surface area contributed by atoms with E-state index in [9.17, 15) is 0 Å². The Kier molecular flexibility index (Phi) is 4.15. The summed E-state index contributed by atoms with van der Waals surface area (Å²) in [7, 11) is 0. The molecule has 0 fully saturated rings. The molecule has 0 N–H and O–H groups in total. The molecule has 0 aliphatic carbocycles. The van der Waals surface area contributed by atoms with E-state index in [1.54, 1.807) is 11.3 Å². The second kappa shape index (κ2) is 6.59. The van der Waals surface area contributed by atoms with E-state index in [1.165, 1.54) is 0 Å². The molecule has 2 heterocycles. The van der Waals surface area contributed by atoms with E-state index in [1.807, 2.05) is 53.9 Å². The van der Waals surface area contributed by atoms with Gasteiger partial charge < -0.3 is 4.42 Å². The standard InChI is InChI=1S/C19H13ClN2OS/c20-15-8-6-14(7-9-15)18-22-16-10-11-24-17(16)19(23-18)21-12-13-4-2-1-3-5-13/h1-11H,12H2. The molecule has 0 aliphatic heterocycles. The second-order valence-corrected chi connectivity index (χ2v) is 6.62. The van der Waals surface area contributed by atoms with Crippen LogP contribution in [0.3, 0.4) is 0 Å². The Labute approximate surface area is 147 Å². The molecule has 0 saturated heterocycles. The van der Waals surface area contributed by atoms with E-state index in [0.29, 0.717) is 23.0 Å². The molecule has 24 heavy (non-hydrogen) atoms. The minimum atomic E-state index is 0.546. The summed E-state index contributed by atoms with van der Waals surface area (Å²) in [4.78, 5) is 9.25. The van der Waals surface area contributed by atoms with E-state index in [4.69, 9.17) is 16.0 Å². The summed E-state index contributed by atoms with van der Waals surface area (Å²) in [6.07, 6.45) is 0. The predicted octanol–water partition coefficient (Wildman–Crippen LogP) is 5.31. The molecule has 2 aromatic carbocycles. The van der Waals surface area contributed by atoms with Crippen molar-refractivity contribution in [3.63, 3.8) is 0 Å². The first-order chi connectivity index (χ1) is 11.8. The molecule has 0 spiro atoms. The van der Waals surface area contributed by atoms with Crippen molar-refractivity contribution < 1.29 is 4.42 Å². The molecule has 4 aromatic rings. The Morgan fingerprint density at radius 1 is 1.00 bits per heavy atom. The van der Waals surface area contributed by atoms with Crippen LogP contribution in [-0.4, -0.2) is 4.98 Å². The maximum Gasteiger partial charge on any atom is 0.236 e. The van der Waals surface area contributed by atoms with Gasteiger partial charge in [0.2, 0.25) is 11.4 Å². The summed E-state index contributed by atoms with van der Waals surface area (Å²) in [6.45, 7) is 0.571. The molecule has 2 aromatic heterocycles. The maximum atomic E-state index is 5.99. The summed E-state index contributed by atoms with van der Waals surface area (Å²) in [5.41, 5.74) is 3.53. The zero-order valence-corrected chi connectivity index (χ0v) is 14.2. The summed E-state index contributed by atoms with van der Waals surface area (Å²) < 4.78 is 6.95. The number of benzene rings is 2. The largest absolute Gasteiger partial charge is 0.419 e. The van der Waals surface area contributed by atoms with Crippen LogP contribution in [0.4, 0.5) is 0 Å². The number of hydrogen-bond donors (Lipinski definition) is 0. The minimum Gasteiger partial charge on any atom is -0.419 e. The van der Waals surface area contributed by atoms with Crippen LogP contribution in [0.2, 0.25) is 5.02 Å². The topological polar surface area (TPSA) is 38.4 Å². The molecule has 3 nitrogen and oxygen atoms in total. The summed E-state index contributed by atoms with van der Waals surface area (Å²) in [5, 5.41) is 2.68. The number of fused-ring (bicyclic) bond motifs is 1. The fraction of sp³-hybridized carbons (Fsp3) is 0.0526. The Hall–Kier alpha value is -2.43. The van der Waals surface area contributed by atoms with Crippen molar-refractivity contribution >= 4 is 33.2 Å². The first-order valence-electron chi connectivity index (χ1n) is 7.48. The fourth-order valence-corrected chi connectivity index (χ4v) is 3.29. The Bertz CT molecular complexity index is 1040. The quantitative estimate of drug-likeness (QED) is 0.501. The van der Waals surface area contributed by atoms with Crippen molar-refractivity contribution in [2.24, 2.45) is 4.99 Å². The first kappa shape index (κ1) is 15.1. The summed E-state index contributed by atoms with van der Waals surface area (Å²) >= 11 is 7.54. The number of rotatable bonds is 3. The van der Waals surface area contributed by atoms with Gasteiger partial charge in [-0.25, -0.2) is 9.98 Å². The van der Waals surface area contributed by atoms with Crippen LogP contribution in [0, 0.1) is 0 Å². The Balaban J connectivity index is 1.82. The SMILES string of the molecule is Clc1ccc(-c2nc3ccsc3c(=NCc3ccccc3)o2)cc1. The number of halogens is 1. The van der Waals surface area contributed by atoms with Crippen molar-refractivity contribution in [3.8, 4) is 11.5 Å². The molecule has 0 amide bonds. The van der Waals surface area contributed by atoms with E-state index in [2.05, 4.69) is 22.1 Å². The lowest BCUT2D eigenvalue weighted by atomic mass is 10.2. The number of hydrogen-bond acceptors (Lipinski definition) is 4. The normalized spacial score (nSPS) is 12.0. The van der Waals surface area contributed by atoms with E-state index in [-0.39, 0.29) is 0 Å². The highest BCUT2D eigenvalue weighted by molar-refractivity contribution is 7.17. The van der Waals surface area contributed by atoms with Crippen molar-refractivity contribution in [3.05, 3.63) is 82.2 Å². The monoisotopic (exact) mass is 352 g/mol. The van der Waals surface area contributed by atoms with E-state index < -0.39 is 0 Å². The van der Waals surface area contributed by atoms with E-state index in [0.717, 1.165) is 21.3 Å². The van der Waals surface area contributed by atoms with Crippen LogP contribution in [0.5, 0.6) is 0 Å². The zero-order valence-electron chi connectivity index (χ0n) is 12.6. The maximum absolute atomic E-state index is 5.99. The van der Waals surface area contributed by atoms with Crippen LogP contribution >= 0.6 is 22.9 Å². The van der Waals surface area contributed by atoms with Gasteiger partial charge in [0.05, 0.1) is 12.1 Å². The smallest absolute Gasteiger partial charge is 0.236 e. The average molecular weight is 353 g/mol. The molecule has 0 radical (unpaired) electrons. The van der Waals surface area contributed by atoms with E-state index >= 15 is 0 Å². The predicted molar refractivity (Wildman–Crippen MR) is 98.0 cm³/mol. The lowest BCUT2D eigenvalue weighted by molar-refractivity contribution is 0.498. The van der Waals surface area contributed by atoms with Crippen LogP contribution < -0.4 is 5.55 Å². The number of thiophene rings is 1. The molecule has 118 valence electrons. The molecule has 0 unspecified atom stereocenters. The van der Waals surface area contributed by atoms with Crippen molar-refractivity contribution in [2.45, 2.75) is 6.54 Å². The van der Waals surface area contributed by atoms with Gasteiger partial charge in [0, 0.05) is 10.6 Å². The molecule has 0 bridgehead atoms. The fourth-order valence-electron chi connectivity index (χ4n) is 2.39. The van der Waals surface area contributed by atoms with Gasteiger partial charge in [0.25, 0.3) is 0 Å². The van der Waals surface area contributed by atoms with Gasteiger partial charge in [-0.05, 0) is 41.3 Å².